The van der Waals surface area contributed by atoms with Crippen LogP contribution >= 0.6 is 0 Å². The number of hydrogen-bond acceptors (Lipinski definition) is 5. The Bertz CT molecular complexity index is 1190. The lowest BCUT2D eigenvalue weighted by Gasteiger charge is -2.29. The molecule has 4 aromatic rings. The highest BCUT2D eigenvalue weighted by Gasteiger charge is 2.11. The number of piperazine rings is 1. The zero-order valence-corrected chi connectivity index (χ0v) is 18.0. The van der Waals surface area contributed by atoms with Gasteiger partial charge in [-0.1, -0.05) is 24.3 Å². The fourth-order valence-electron chi connectivity index (χ4n) is 4.33. The summed E-state index contributed by atoms with van der Waals surface area (Å²) >= 11 is 0. The van der Waals surface area contributed by atoms with E-state index in [1.54, 1.807) is 0 Å². The molecule has 2 N–H and O–H groups in total. The molecule has 31 heavy (non-hydrogen) atoms. The summed E-state index contributed by atoms with van der Waals surface area (Å²) < 4.78 is 0. The number of aromatic nitrogens is 2. The molecule has 5 heteroatoms. The van der Waals surface area contributed by atoms with E-state index in [4.69, 9.17) is 4.98 Å². The fourth-order valence-corrected chi connectivity index (χ4v) is 4.33. The summed E-state index contributed by atoms with van der Waals surface area (Å²) in [6.07, 6.45) is 1.90. The van der Waals surface area contributed by atoms with Gasteiger partial charge in [0.25, 0.3) is 0 Å². The molecule has 1 aliphatic rings. The Morgan fingerprint density at radius 1 is 0.903 bits per heavy atom. The van der Waals surface area contributed by atoms with Gasteiger partial charge in [-0.05, 0) is 72.5 Å². The maximum atomic E-state index is 4.72. The lowest BCUT2D eigenvalue weighted by atomic mass is 9.95. The third-order valence-electron chi connectivity index (χ3n) is 5.96. The van der Waals surface area contributed by atoms with Crippen LogP contribution in [-0.2, 0) is 0 Å². The molecule has 0 aliphatic carbocycles. The van der Waals surface area contributed by atoms with E-state index in [0.717, 1.165) is 42.8 Å². The molecule has 2 heterocycles. The van der Waals surface area contributed by atoms with E-state index in [-0.39, 0.29) is 0 Å². The van der Waals surface area contributed by atoms with Crippen LogP contribution in [0.15, 0.2) is 66.9 Å². The maximum absolute atomic E-state index is 4.72. The molecular formula is C26H27N5. The summed E-state index contributed by atoms with van der Waals surface area (Å²) in [5, 5.41) is 7.77. The first-order chi connectivity index (χ1) is 15.2. The summed E-state index contributed by atoms with van der Waals surface area (Å²) in [6.45, 7) is 8.48. The van der Waals surface area contributed by atoms with E-state index in [9.17, 15) is 0 Å². The van der Waals surface area contributed by atoms with Crippen molar-refractivity contribution in [2.75, 3.05) is 36.4 Å². The summed E-state index contributed by atoms with van der Waals surface area (Å²) in [5.41, 5.74) is 8.23. The number of nitrogens with one attached hydrogen (secondary N) is 2. The van der Waals surface area contributed by atoms with Crippen molar-refractivity contribution in [2.24, 2.45) is 0 Å². The van der Waals surface area contributed by atoms with Gasteiger partial charge in [-0.25, -0.2) is 9.97 Å². The van der Waals surface area contributed by atoms with Crippen molar-refractivity contribution < 1.29 is 0 Å². The molecule has 0 spiro atoms. The lowest BCUT2D eigenvalue weighted by molar-refractivity contribution is 0.589. The summed E-state index contributed by atoms with van der Waals surface area (Å²) in [5.74, 6) is 0.613. The highest BCUT2D eigenvalue weighted by atomic mass is 15.2. The van der Waals surface area contributed by atoms with Crippen LogP contribution in [0.25, 0.3) is 22.0 Å². The van der Waals surface area contributed by atoms with Gasteiger partial charge in [0.1, 0.15) is 0 Å². The molecule has 0 radical (unpaired) electrons. The van der Waals surface area contributed by atoms with Gasteiger partial charge in [0.15, 0.2) is 0 Å². The molecule has 1 aliphatic heterocycles. The molecule has 0 unspecified atom stereocenters. The Kier molecular flexibility index (Phi) is 5.26. The topological polar surface area (TPSA) is 53.1 Å². The van der Waals surface area contributed by atoms with E-state index < -0.39 is 0 Å². The van der Waals surface area contributed by atoms with Crippen LogP contribution in [0, 0.1) is 13.8 Å². The first-order valence-corrected chi connectivity index (χ1v) is 10.8. The third kappa shape index (κ3) is 4.09. The predicted molar refractivity (Wildman–Crippen MR) is 129 cm³/mol. The molecule has 0 atom stereocenters. The highest BCUT2D eigenvalue weighted by Crippen LogP contribution is 2.29. The maximum Gasteiger partial charge on any atom is 0.227 e. The van der Waals surface area contributed by atoms with Crippen molar-refractivity contribution >= 4 is 28.2 Å². The standard InChI is InChI=1S/C26H27N5/c1-18-4-3-5-19(2)25(18)20-6-11-24-21(16-20)17-28-26(30-24)29-22-7-9-23(10-8-22)31-14-12-27-13-15-31/h3-11,16-17,27H,12-15H2,1-2H3,(H,28,29,30). The van der Waals surface area contributed by atoms with Crippen LogP contribution < -0.4 is 15.5 Å². The monoisotopic (exact) mass is 409 g/mol. The minimum Gasteiger partial charge on any atom is -0.369 e. The second kappa shape index (κ2) is 8.36. The normalized spacial score (nSPS) is 14.1. The van der Waals surface area contributed by atoms with Crippen molar-refractivity contribution in [3.8, 4) is 11.1 Å². The molecule has 1 saturated heterocycles. The predicted octanol–water partition coefficient (Wildman–Crippen LogP) is 5.07. The first-order valence-electron chi connectivity index (χ1n) is 10.8. The molecular weight excluding hydrogens is 382 g/mol. The van der Waals surface area contributed by atoms with Crippen molar-refractivity contribution in [3.63, 3.8) is 0 Å². The molecule has 0 saturated carbocycles. The van der Waals surface area contributed by atoms with Crippen LogP contribution in [0.1, 0.15) is 11.1 Å². The molecule has 5 rings (SSSR count). The Labute approximate surface area is 183 Å². The van der Waals surface area contributed by atoms with Crippen LogP contribution in [0.3, 0.4) is 0 Å². The van der Waals surface area contributed by atoms with Crippen molar-refractivity contribution in [3.05, 3.63) is 78.0 Å². The van der Waals surface area contributed by atoms with Crippen LogP contribution in [-0.4, -0.2) is 36.1 Å². The van der Waals surface area contributed by atoms with E-state index >= 15 is 0 Å². The van der Waals surface area contributed by atoms with Crippen molar-refractivity contribution in [1.29, 1.82) is 0 Å². The molecule has 5 nitrogen and oxygen atoms in total. The van der Waals surface area contributed by atoms with Crippen LogP contribution in [0.2, 0.25) is 0 Å². The fraction of sp³-hybridized carbons (Fsp3) is 0.231. The zero-order valence-electron chi connectivity index (χ0n) is 18.0. The van der Waals surface area contributed by atoms with Gasteiger partial charge in [-0.15, -0.1) is 0 Å². The lowest BCUT2D eigenvalue weighted by Crippen LogP contribution is -2.43. The van der Waals surface area contributed by atoms with E-state index in [1.807, 2.05) is 6.20 Å². The van der Waals surface area contributed by atoms with Gasteiger partial charge < -0.3 is 15.5 Å². The average molecular weight is 410 g/mol. The number of hydrogen-bond donors (Lipinski definition) is 2. The molecule has 1 fully saturated rings. The Morgan fingerprint density at radius 3 is 2.39 bits per heavy atom. The Hall–Kier alpha value is -3.44. The van der Waals surface area contributed by atoms with Crippen molar-refractivity contribution in [1.82, 2.24) is 15.3 Å². The molecule has 3 aromatic carbocycles. The van der Waals surface area contributed by atoms with Crippen LogP contribution in [0.4, 0.5) is 17.3 Å². The molecule has 0 bridgehead atoms. The summed E-state index contributed by atoms with van der Waals surface area (Å²) in [6, 6.07) is 21.3. The minimum atomic E-state index is 0.613. The first kappa shape index (κ1) is 19.5. The quantitative estimate of drug-likeness (QED) is 0.493. The zero-order chi connectivity index (χ0) is 21.2. The van der Waals surface area contributed by atoms with E-state index in [1.165, 1.54) is 27.9 Å². The molecule has 1 aromatic heterocycles. The van der Waals surface area contributed by atoms with Gasteiger partial charge >= 0.3 is 0 Å². The molecule has 0 amide bonds. The second-order valence-electron chi connectivity index (χ2n) is 8.14. The van der Waals surface area contributed by atoms with Gasteiger partial charge in [-0.2, -0.15) is 0 Å². The SMILES string of the molecule is Cc1cccc(C)c1-c1ccc2nc(Nc3ccc(N4CCNCC4)cc3)ncc2c1. The summed E-state index contributed by atoms with van der Waals surface area (Å²) in [4.78, 5) is 11.7. The van der Waals surface area contributed by atoms with Gasteiger partial charge in [0.05, 0.1) is 5.52 Å². The molecule has 156 valence electrons. The minimum absolute atomic E-state index is 0.613. The number of anilines is 3. The number of benzene rings is 3. The number of nitrogens with zero attached hydrogens (tertiary/aromatic N) is 3. The smallest absolute Gasteiger partial charge is 0.227 e. The number of aryl methyl sites for hydroxylation is 2. The van der Waals surface area contributed by atoms with Crippen molar-refractivity contribution in [2.45, 2.75) is 13.8 Å². The highest BCUT2D eigenvalue weighted by molar-refractivity contribution is 5.86. The Morgan fingerprint density at radius 2 is 1.65 bits per heavy atom. The van der Waals surface area contributed by atoms with Gasteiger partial charge in [0.2, 0.25) is 5.95 Å². The van der Waals surface area contributed by atoms with Gasteiger partial charge in [0, 0.05) is 49.1 Å². The third-order valence-corrected chi connectivity index (χ3v) is 5.96. The number of rotatable bonds is 4. The summed E-state index contributed by atoms with van der Waals surface area (Å²) in [7, 11) is 0. The number of fused-ring (bicyclic) bond motifs is 1. The van der Waals surface area contributed by atoms with E-state index in [2.05, 4.69) is 95.0 Å². The van der Waals surface area contributed by atoms with Crippen LogP contribution in [0.5, 0.6) is 0 Å². The second-order valence-corrected chi connectivity index (χ2v) is 8.14. The Balaban J connectivity index is 1.36. The van der Waals surface area contributed by atoms with Gasteiger partial charge in [-0.3, -0.25) is 0 Å². The average Bonchev–Trinajstić information content (AvgIpc) is 2.80. The van der Waals surface area contributed by atoms with E-state index in [0.29, 0.717) is 5.95 Å². The largest absolute Gasteiger partial charge is 0.369 e.